The van der Waals surface area contributed by atoms with E-state index in [0.29, 0.717) is 17.4 Å². The van der Waals surface area contributed by atoms with Gasteiger partial charge in [0, 0.05) is 12.4 Å². The van der Waals surface area contributed by atoms with Gasteiger partial charge in [0.2, 0.25) is 5.89 Å². The highest BCUT2D eigenvalue weighted by molar-refractivity contribution is 7.80. The van der Waals surface area contributed by atoms with E-state index in [1.807, 2.05) is 13.8 Å². The van der Waals surface area contributed by atoms with Crippen LogP contribution in [0.5, 0.6) is 0 Å². The lowest BCUT2D eigenvalue weighted by Crippen LogP contribution is -2.18. The van der Waals surface area contributed by atoms with Gasteiger partial charge >= 0.3 is 0 Å². The standard InChI is InChI=1S/C11H13N5OS/c1-6-5-15-11(17-6)7(2)16-10-8(9(12)18)13-3-4-14-10/h3-5,7H,1-2H3,(H2,12,18)(H,14,16). The molecule has 0 radical (unpaired) electrons. The molecule has 0 aromatic carbocycles. The summed E-state index contributed by atoms with van der Waals surface area (Å²) in [5.41, 5.74) is 6.04. The van der Waals surface area contributed by atoms with Crippen LogP contribution in [0.4, 0.5) is 5.82 Å². The van der Waals surface area contributed by atoms with Crippen LogP contribution in [0.25, 0.3) is 0 Å². The number of aryl methyl sites for hydroxylation is 1. The van der Waals surface area contributed by atoms with Crippen molar-refractivity contribution in [2.75, 3.05) is 5.32 Å². The zero-order valence-electron chi connectivity index (χ0n) is 10.0. The number of anilines is 1. The monoisotopic (exact) mass is 263 g/mol. The average molecular weight is 263 g/mol. The fourth-order valence-corrected chi connectivity index (χ4v) is 1.61. The van der Waals surface area contributed by atoms with Gasteiger partial charge in [-0.15, -0.1) is 0 Å². The van der Waals surface area contributed by atoms with Gasteiger partial charge in [-0.25, -0.2) is 15.0 Å². The second kappa shape index (κ2) is 5.09. The van der Waals surface area contributed by atoms with E-state index in [4.69, 9.17) is 22.4 Å². The summed E-state index contributed by atoms with van der Waals surface area (Å²) >= 11 is 4.92. The van der Waals surface area contributed by atoms with Gasteiger partial charge in [-0.3, -0.25) is 0 Å². The normalized spacial score (nSPS) is 12.1. The third-order valence-corrected chi connectivity index (χ3v) is 2.49. The van der Waals surface area contributed by atoms with Crippen molar-refractivity contribution in [2.45, 2.75) is 19.9 Å². The molecule has 2 aromatic heterocycles. The minimum atomic E-state index is -0.150. The molecular formula is C11H13N5OS. The second-order valence-corrected chi connectivity index (χ2v) is 4.23. The largest absolute Gasteiger partial charge is 0.444 e. The summed E-state index contributed by atoms with van der Waals surface area (Å²) in [6.07, 6.45) is 4.77. The Morgan fingerprint density at radius 2 is 2.11 bits per heavy atom. The minimum absolute atomic E-state index is 0.150. The highest BCUT2D eigenvalue weighted by Gasteiger charge is 2.15. The maximum Gasteiger partial charge on any atom is 0.216 e. The van der Waals surface area contributed by atoms with Crippen molar-refractivity contribution >= 4 is 23.0 Å². The third kappa shape index (κ3) is 2.62. The maximum atomic E-state index is 5.58. The first-order chi connectivity index (χ1) is 8.58. The lowest BCUT2D eigenvalue weighted by atomic mass is 10.3. The molecule has 1 unspecified atom stereocenters. The number of aromatic nitrogens is 3. The molecule has 2 aromatic rings. The van der Waals surface area contributed by atoms with Crippen molar-refractivity contribution in [1.82, 2.24) is 15.0 Å². The molecule has 0 amide bonds. The first-order valence-electron chi connectivity index (χ1n) is 5.37. The van der Waals surface area contributed by atoms with Crippen molar-refractivity contribution < 1.29 is 4.42 Å². The molecule has 0 bridgehead atoms. The van der Waals surface area contributed by atoms with Crippen molar-refractivity contribution in [3.63, 3.8) is 0 Å². The van der Waals surface area contributed by atoms with E-state index < -0.39 is 0 Å². The molecule has 18 heavy (non-hydrogen) atoms. The molecule has 94 valence electrons. The van der Waals surface area contributed by atoms with E-state index in [9.17, 15) is 0 Å². The minimum Gasteiger partial charge on any atom is -0.444 e. The number of nitrogens with one attached hydrogen (secondary N) is 1. The molecule has 2 heterocycles. The van der Waals surface area contributed by atoms with Crippen LogP contribution in [0.1, 0.15) is 30.3 Å². The number of rotatable bonds is 4. The Morgan fingerprint density at radius 3 is 2.72 bits per heavy atom. The van der Waals surface area contributed by atoms with E-state index in [1.165, 1.54) is 0 Å². The Morgan fingerprint density at radius 1 is 1.39 bits per heavy atom. The van der Waals surface area contributed by atoms with Gasteiger partial charge in [-0.2, -0.15) is 0 Å². The van der Waals surface area contributed by atoms with Crippen LogP contribution in [0.3, 0.4) is 0 Å². The highest BCUT2D eigenvalue weighted by atomic mass is 32.1. The fraction of sp³-hybridized carbons (Fsp3) is 0.273. The van der Waals surface area contributed by atoms with Crippen molar-refractivity contribution in [3.05, 3.63) is 35.9 Å². The third-order valence-electron chi connectivity index (χ3n) is 2.29. The number of oxazole rings is 1. The van der Waals surface area contributed by atoms with Crippen LogP contribution in [0.15, 0.2) is 23.0 Å². The maximum absolute atomic E-state index is 5.58. The molecule has 0 fully saturated rings. The molecule has 7 heteroatoms. The van der Waals surface area contributed by atoms with Crippen LogP contribution in [-0.2, 0) is 0 Å². The number of hydrogen-bond acceptors (Lipinski definition) is 6. The summed E-state index contributed by atoms with van der Waals surface area (Å²) in [5, 5.41) is 3.12. The van der Waals surface area contributed by atoms with E-state index in [1.54, 1.807) is 18.6 Å². The molecule has 2 rings (SSSR count). The highest BCUT2D eigenvalue weighted by Crippen LogP contribution is 2.19. The molecule has 0 spiro atoms. The Hall–Kier alpha value is -2.02. The second-order valence-electron chi connectivity index (χ2n) is 3.79. The first-order valence-corrected chi connectivity index (χ1v) is 5.78. The molecular weight excluding hydrogens is 250 g/mol. The summed E-state index contributed by atoms with van der Waals surface area (Å²) in [4.78, 5) is 12.6. The van der Waals surface area contributed by atoms with Gasteiger partial charge in [0.05, 0.1) is 6.20 Å². The number of nitrogens with two attached hydrogens (primary N) is 1. The smallest absolute Gasteiger partial charge is 0.216 e. The van der Waals surface area contributed by atoms with Crippen molar-refractivity contribution in [3.8, 4) is 0 Å². The quantitative estimate of drug-likeness (QED) is 0.809. The molecule has 6 nitrogen and oxygen atoms in total. The van der Waals surface area contributed by atoms with Crippen molar-refractivity contribution in [1.29, 1.82) is 0 Å². The summed E-state index contributed by atoms with van der Waals surface area (Å²) in [6, 6.07) is -0.150. The topological polar surface area (TPSA) is 89.9 Å². The fourth-order valence-electron chi connectivity index (χ4n) is 1.46. The zero-order valence-corrected chi connectivity index (χ0v) is 10.9. The van der Waals surface area contributed by atoms with Gasteiger partial charge < -0.3 is 15.5 Å². The van der Waals surface area contributed by atoms with Crippen LogP contribution >= 0.6 is 12.2 Å². The predicted octanol–water partition coefficient (Wildman–Crippen LogP) is 1.58. The van der Waals surface area contributed by atoms with Crippen LogP contribution in [-0.4, -0.2) is 19.9 Å². The Kier molecular flexibility index (Phi) is 3.52. The molecule has 0 aliphatic carbocycles. The Bertz CT molecular complexity index is 568. The summed E-state index contributed by atoms with van der Waals surface area (Å²) < 4.78 is 5.43. The number of hydrogen-bond donors (Lipinski definition) is 2. The van der Waals surface area contributed by atoms with E-state index in [2.05, 4.69) is 20.3 Å². The molecule has 0 saturated carbocycles. The molecule has 0 aliphatic rings. The summed E-state index contributed by atoms with van der Waals surface area (Å²) in [6.45, 7) is 3.75. The molecule has 3 N–H and O–H groups in total. The van der Waals surface area contributed by atoms with Gasteiger partial charge in [-0.05, 0) is 13.8 Å². The van der Waals surface area contributed by atoms with Crippen LogP contribution < -0.4 is 11.1 Å². The average Bonchev–Trinajstić information content (AvgIpc) is 2.76. The van der Waals surface area contributed by atoms with Gasteiger partial charge in [0.15, 0.2) is 5.82 Å². The lowest BCUT2D eigenvalue weighted by Gasteiger charge is -2.13. The molecule has 1 atom stereocenters. The number of nitrogens with zero attached hydrogens (tertiary/aromatic N) is 3. The van der Waals surface area contributed by atoms with Crippen LogP contribution in [0.2, 0.25) is 0 Å². The zero-order chi connectivity index (χ0) is 13.1. The van der Waals surface area contributed by atoms with Gasteiger partial charge in [0.1, 0.15) is 22.5 Å². The molecule has 0 saturated heterocycles. The van der Waals surface area contributed by atoms with E-state index in [0.717, 1.165) is 5.76 Å². The van der Waals surface area contributed by atoms with Gasteiger partial charge in [0.25, 0.3) is 0 Å². The summed E-state index contributed by atoms with van der Waals surface area (Å²) in [7, 11) is 0. The van der Waals surface area contributed by atoms with E-state index >= 15 is 0 Å². The summed E-state index contributed by atoms with van der Waals surface area (Å²) in [5.74, 6) is 1.85. The Labute approximate surface area is 110 Å². The Balaban J connectivity index is 2.21. The van der Waals surface area contributed by atoms with Crippen LogP contribution in [0, 0.1) is 6.92 Å². The lowest BCUT2D eigenvalue weighted by molar-refractivity contribution is 0.453. The van der Waals surface area contributed by atoms with E-state index in [-0.39, 0.29) is 11.0 Å². The predicted molar refractivity (Wildman–Crippen MR) is 71.2 cm³/mol. The SMILES string of the molecule is Cc1cnc(C(C)Nc2nccnc2C(N)=S)o1. The first kappa shape index (κ1) is 12.4. The van der Waals surface area contributed by atoms with Crippen molar-refractivity contribution in [2.24, 2.45) is 5.73 Å². The molecule has 0 aliphatic heterocycles. The van der Waals surface area contributed by atoms with Gasteiger partial charge in [-0.1, -0.05) is 12.2 Å². The number of thiocarbonyl (C=S) groups is 1.